The maximum Gasteiger partial charge on any atom is 0.150 e. The Kier molecular flexibility index (Phi) is 3.41. The molecule has 0 radical (unpaired) electrons. The van der Waals surface area contributed by atoms with Crippen LogP contribution in [-0.2, 0) is 6.54 Å². The summed E-state index contributed by atoms with van der Waals surface area (Å²) in [6.45, 7) is 5.49. The van der Waals surface area contributed by atoms with Crippen molar-refractivity contribution in [2.75, 3.05) is 0 Å². The van der Waals surface area contributed by atoms with Gasteiger partial charge < -0.3 is 9.84 Å². The first-order valence-corrected chi connectivity index (χ1v) is 5.88. The fourth-order valence-corrected chi connectivity index (χ4v) is 2.38. The number of nitrogens with zero attached hydrogens (tertiary/aromatic N) is 1. The van der Waals surface area contributed by atoms with Crippen LogP contribution in [0.5, 0.6) is 0 Å². The molecule has 1 N–H and O–H groups in total. The van der Waals surface area contributed by atoms with E-state index in [0.29, 0.717) is 6.04 Å². The zero-order chi connectivity index (χ0) is 10.7. The minimum atomic E-state index is 0.638. The summed E-state index contributed by atoms with van der Waals surface area (Å²) < 4.78 is 5.07. The highest BCUT2D eigenvalue weighted by Gasteiger charge is 2.24. The molecule has 0 bridgehead atoms. The molecule has 1 saturated carbocycles. The highest BCUT2D eigenvalue weighted by Crippen LogP contribution is 2.28. The van der Waals surface area contributed by atoms with Crippen LogP contribution in [0.15, 0.2) is 16.8 Å². The van der Waals surface area contributed by atoms with Gasteiger partial charge >= 0.3 is 0 Å². The number of hydrogen-bond acceptors (Lipinski definition) is 3. The maximum absolute atomic E-state index is 5.07. The van der Waals surface area contributed by atoms with Crippen molar-refractivity contribution >= 4 is 0 Å². The molecule has 15 heavy (non-hydrogen) atoms. The smallest absolute Gasteiger partial charge is 0.150 e. The van der Waals surface area contributed by atoms with E-state index >= 15 is 0 Å². The molecule has 3 unspecified atom stereocenters. The lowest BCUT2D eigenvalue weighted by atomic mass is 9.80. The van der Waals surface area contributed by atoms with Gasteiger partial charge in [0.2, 0.25) is 0 Å². The highest BCUT2D eigenvalue weighted by molar-refractivity contribution is 4.93. The normalized spacial score (nSPS) is 31.7. The molecule has 1 aliphatic rings. The summed E-state index contributed by atoms with van der Waals surface area (Å²) >= 11 is 0. The molecule has 1 aromatic heterocycles. The van der Waals surface area contributed by atoms with Gasteiger partial charge in [0.1, 0.15) is 5.76 Å². The third-order valence-corrected chi connectivity index (χ3v) is 3.49. The fraction of sp³-hybridized carbons (Fsp3) is 0.750. The topological polar surface area (TPSA) is 38.1 Å². The zero-order valence-electron chi connectivity index (χ0n) is 9.57. The summed E-state index contributed by atoms with van der Waals surface area (Å²) in [5, 5.41) is 7.28. The van der Waals surface area contributed by atoms with E-state index in [-0.39, 0.29) is 0 Å². The number of rotatable bonds is 3. The van der Waals surface area contributed by atoms with E-state index in [1.54, 1.807) is 6.20 Å². The van der Waals surface area contributed by atoms with Crippen molar-refractivity contribution in [3.63, 3.8) is 0 Å². The van der Waals surface area contributed by atoms with Gasteiger partial charge in [-0.1, -0.05) is 25.4 Å². The molecule has 84 valence electrons. The summed E-state index contributed by atoms with van der Waals surface area (Å²) in [4.78, 5) is 0. The van der Waals surface area contributed by atoms with Crippen molar-refractivity contribution in [1.29, 1.82) is 0 Å². The molecule has 0 saturated heterocycles. The van der Waals surface area contributed by atoms with E-state index in [0.717, 1.165) is 24.1 Å². The Labute approximate surface area is 91.2 Å². The Bertz CT molecular complexity index is 284. The Balaban J connectivity index is 1.82. The third kappa shape index (κ3) is 2.81. The molecule has 0 amide bonds. The summed E-state index contributed by atoms with van der Waals surface area (Å²) in [6, 6.07) is 2.56. The van der Waals surface area contributed by atoms with Crippen LogP contribution in [0.2, 0.25) is 0 Å². The second-order valence-corrected chi connectivity index (χ2v) is 4.86. The second-order valence-electron chi connectivity index (χ2n) is 4.86. The quantitative estimate of drug-likeness (QED) is 0.829. The van der Waals surface area contributed by atoms with E-state index in [1.165, 1.54) is 19.3 Å². The van der Waals surface area contributed by atoms with E-state index in [2.05, 4.69) is 24.3 Å². The van der Waals surface area contributed by atoms with Crippen LogP contribution < -0.4 is 5.32 Å². The van der Waals surface area contributed by atoms with Crippen LogP contribution in [0, 0.1) is 11.8 Å². The first-order chi connectivity index (χ1) is 7.25. The van der Waals surface area contributed by atoms with Crippen LogP contribution in [0.1, 0.15) is 38.9 Å². The molecule has 0 aromatic carbocycles. The van der Waals surface area contributed by atoms with E-state index in [1.807, 2.05) is 6.07 Å². The molecular weight excluding hydrogens is 188 g/mol. The molecule has 1 heterocycles. The molecule has 3 heteroatoms. The molecule has 2 rings (SSSR count). The first-order valence-electron chi connectivity index (χ1n) is 5.88. The summed E-state index contributed by atoms with van der Waals surface area (Å²) in [7, 11) is 0. The predicted molar refractivity (Wildman–Crippen MR) is 59.3 cm³/mol. The average Bonchev–Trinajstić information content (AvgIpc) is 2.72. The first kappa shape index (κ1) is 10.7. The Morgan fingerprint density at radius 2 is 2.33 bits per heavy atom. The zero-order valence-corrected chi connectivity index (χ0v) is 9.57. The van der Waals surface area contributed by atoms with Gasteiger partial charge in [-0.3, -0.25) is 0 Å². The molecule has 1 fully saturated rings. The van der Waals surface area contributed by atoms with Gasteiger partial charge in [0.15, 0.2) is 0 Å². The monoisotopic (exact) mass is 208 g/mol. The number of aromatic nitrogens is 1. The standard InChI is InChI=1S/C12H20N2O/c1-9-3-4-10(2)12(7-9)13-8-11-5-6-14-15-11/h5-6,9-10,12-13H,3-4,7-8H2,1-2H3. The van der Waals surface area contributed by atoms with E-state index in [9.17, 15) is 0 Å². The Morgan fingerprint density at radius 3 is 3.07 bits per heavy atom. The maximum atomic E-state index is 5.07. The molecule has 1 aliphatic carbocycles. The van der Waals surface area contributed by atoms with E-state index < -0.39 is 0 Å². The molecule has 1 aromatic rings. The van der Waals surface area contributed by atoms with Gasteiger partial charge in [-0.05, 0) is 24.7 Å². The third-order valence-electron chi connectivity index (χ3n) is 3.49. The van der Waals surface area contributed by atoms with Crippen molar-refractivity contribution < 1.29 is 4.52 Å². The Morgan fingerprint density at radius 1 is 1.47 bits per heavy atom. The number of hydrogen-bond donors (Lipinski definition) is 1. The highest BCUT2D eigenvalue weighted by atomic mass is 16.5. The van der Waals surface area contributed by atoms with Gasteiger partial charge in [-0.15, -0.1) is 0 Å². The Hall–Kier alpha value is -0.830. The number of nitrogens with one attached hydrogen (secondary N) is 1. The molecule has 0 spiro atoms. The van der Waals surface area contributed by atoms with Crippen LogP contribution >= 0.6 is 0 Å². The second kappa shape index (κ2) is 4.79. The van der Waals surface area contributed by atoms with Crippen molar-refractivity contribution in [2.45, 2.75) is 45.7 Å². The van der Waals surface area contributed by atoms with Crippen LogP contribution in [0.3, 0.4) is 0 Å². The van der Waals surface area contributed by atoms with Crippen LogP contribution in [0.25, 0.3) is 0 Å². The van der Waals surface area contributed by atoms with Gasteiger partial charge in [0.25, 0.3) is 0 Å². The largest absolute Gasteiger partial charge is 0.360 e. The lowest BCUT2D eigenvalue weighted by molar-refractivity contribution is 0.221. The minimum Gasteiger partial charge on any atom is -0.360 e. The van der Waals surface area contributed by atoms with Crippen molar-refractivity contribution in [3.8, 4) is 0 Å². The molecular formula is C12H20N2O. The summed E-state index contributed by atoms with van der Waals surface area (Å²) in [5.41, 5.74) is 0. The van der Waals surface area contributed by atoms with Gasteiger partial charge in [-0.2, -0.15) is 0 Å². The lowest BCUT2D eigenvalue weighted by Gasteiger charge is -2.33. The minimum absolute atomic E-state index is 0.638. The van der Waals surface area contributed by atoms with Crippen LogP contribution in [-0.4, -0.2) is 11.2 Å². The van der Waals surface area contributed by atoms with E-state index in [4.69, 9.17) is 4.52 Å². The average molecular weight is 208 g/mol. The van der Waals surface area contributed by atoms with Gasteiger partial charge in [0, 0.05) is 12.1 Å². The van der Waals surface area contributed by atoms with Gasteiger partial charge in [0.05, 0.1) is 12.7 Å². The molecule has 3 atom stereocenters. The van der Waals surface area contributed by atoms with Crippen molar-refractivity contribution in [1.82, 2.24) is 10.5 Å². The van der Waals surface area contributed by atoms with Crippen molar-refractivity contribution in [3.05, 3.63) is 18.0 Å². The van der Waals surface area contributed by atoms with Crippen LogP contribution in [0.4, 0.5) is 0 Å². The molecule has 0 aliphatic heterocycles. The fourth-order valence-electron chi connectivity index (χ4n) is 2.38. The van der Waals surface area contributed by atoms with Crippen molar-refractivity contribution in [2.24, 2.45) is 11.8 Å². The van der Waals surface area contributed by atoms with Gasteiger partial charge in [-0.25, -0.2) is 0 Å². The lowest BCUT2D eigenvalue weighted by Crippen LogP contribution is -2.38. The predicted octanol–water partition coefficient (Wildman–Crippen LogP) is 2.59. The SMILES string of the molecule is CC1CCC(C)C(NCc2ccno2)C1. The molecule has 3 nitrogen and oxygen atoms in total. The summed E-state index contributed by atoms with van der Waals surface area (Å²) in [5.74, 6) is 2.57. The summed E-state index contributed by atoms with van der Waals surface area (Å²) in [6.07, 6.45) is 5.70.